The molecule has 0 aliphatic carbocycles. The van der Waals surface area contributed by atoms with Crippen molar-refractivity contribution in [2.24, 2.45) is 0 Å². The van der Waals surface area contributed by atoms with Crippen molar-refractivity contribution < 1.29 is 24.3 Å². The highest BCUT2D eigenvalue weighted by Crippen LogP contribution is 2.36. The topological polar surface area (TPSA) is 88.0 Å². The number of amides is 1. The number of hydrogen-bond acceptors (Lipinski definition) is 5. The van der Waals surface area contributed by atoms with Crippen LogP contribution in [0.1, 0.15) is 23.5 Å². The first kappa shape index (κ1) is 18.3. The molecule has 7 heteroatoms. The fourth-order valence-corrected chi connectivity index (χ4v) is 3.17. The number of benzene rings is 2. The van der Waals surface area contributed by atoms with E-state index >= 15 is 0 Å². The molecule has 3 N–H and O–H groups in total. The molecule has 2 aromatic carbocycles. The Morgan fingerprint density at radius 3 is 2.69 bits per heavy atom. The molecule has 0 radical (unpaired) electrons. The first-order chi connectivity index (χ1) is 12.6. The van der Waals surface area contributed by atoms with E-state index < -0.39 is 13.1 Å². The second kappa shape index (κ2) is 8.25. The number of nitrogens with one attached hydrogen (secondary N) is 1. The molecule has 2 aromatic rings. The van der Waals surface area contributed by atoms with E-state index in [1.807, 2.05) is 36.4 Å². The molecular weight excluding hydrogens is 333 g/mol. The monoisotopic (exact) mass is 355 g/mol. The Hall–Kier alpha value is -2.51. The zero-order chi connectivity index (χ0) is 18.5. The van der Waals surface area contributed by atoms with E-state index in [1.54, 1.807) is 19.2 Å². The SMILES string of the molecule is COc1ccc(CC(=O)NC(C[C@@H]2COc3ccccc32)B(O)O)cc1. The molecule has 1 aliphatic rings. The van der Waals surface area contributed by atoms with E-state index in [2.05, 4.69) is 5.32 Å². The average Bonchev–Trinajstić information content (AvgIpc) is 3.05. The van der Waals surface area contributed by atoms with Crippen molar-refractivity contribution in [3.05, 3.63) is 59.7 Å². The van der Waals surface area contributed by atoms with E-state index in [0.717, 1.165) is 22.6 Å². The summed E-state index contributed by atoms with van der Waals surface area (Å²) in [6.07, 6.45) is 0.550. The van der Waals surface area contributed by atoms with Gasteiger partial charge in [-0.1, -0.05) is 30.3 Å². The van der Waals surface area contributed by atoms with Crippen LogP contribution in [-0.2, 0) is 11.2 Å². The van der Waals surface area contributed by atoms with Crippen molar-refractivity contribution in [3.8, 4) is 11.5 Å². The summed E-state index contributed by atoms with van der Waals surface area (Å²) < 4.78 is 10.7. The third-order valence-corrected chi connectivity index (χ3v) is 4.57. The molecule has 0 saturated carbocycles. The predicted molar refractivity (Wildman–Crippen MR) is 98.1 cm³/mol. The maximum atomic E-state index is 12.3. The highest BCUT2D eigenvalue weighted by atomic mass is 16.5. The van der Waals surface area contributed by atoms with Crippen LogP contribution in [0.5, 0.6) is 11.5 Å². The van der Waals surface area contributed by atoms with E-state index in [1.165, 1.54) is 0 Å². The molecule has 1 unspecified atom stereocenters. The summed E-state index contributed by atoms with van der Waals surface area (Å²) in [6, 6.07) is 14.9. The molecular formula is C19H22BNO5. The minimum atomic E-state index is -1.64. The summed E-state index contributed by atoms with van der Waals surface area (Å²) in [4.78, 5) is 12.3. The quantitative estimate of drug-likeness (QED) is 0.652. The van der Waals surface area contributed by atoms with Gasteiger partial charge in [-0.2, -0.15) is 0 Å². The first-order valence-corrected chi connectivity index (χ1v) is 8.57. The molecule has 0 bridgehead atoms. The largest absolute Gasteiger partial charge is 0.497 e. The highest BCUT2D eigenvalue weighted by Gasteiger charge is 2.32. The Bertz CT molecular complexity index is 750. The van der Waals surface area contributed by atoms with Crippen LogP contribution in [0.2, 0.25) is 0 Å². The number of carbonyl (C=O) groups is 1. The third-order valence-electron chi connectivity index (χ3n) is 4.57. The number of para-hydroxylation sites is 1. The molecule has 0 saturated heterocycles. The number of methoxy groups -OCH3 is 1. The van der Waals surface area contributed by atoms with Crippen LogP contribution in [-0.4, -0.2) is 42.7 Å². The van der Waals surface area contributed by atoms with Crippen LogP contribution in [0.4, 0.5) is 0 Å². The zero-order valence-corrected chi connectivity index (χ0v) is 14.6. The molecule has 1 heterocycles. The van der Waals surface area contributed by atoms with Gasteiger partial charge in [-0.3, -0.25) is 4.79 Å². The van der Waals surface area contributed by atoms with Crippen molar-refractivity contribution in [1.29, 1.82) is 0 Å². The smallest absolute Gasteiger partial charge is 0.475 e. The Morgan fingerprint density at radius 1 is 1.27 bits per heavy atom. The second-order valence-electron chi connectivity index (χ2n) is 6.39. The van der Waals surface area contributed by atoms with Crippen LogP contribution in [0.3, 0.4) is 0 Å². The lowest BCUT2D eigenvalue weighted by Gasteiger charge is -2.21. The van der Waals surface area contributed by atoms with Gasteiger partial charge in [0, 0.05) is 11.5 Å². The van der Waals surface area contributed by atoms with Crippen LogP contribution in [0, 0.1) is 0 Å². The van der Waals surface area contributed by atoms with E-state index in [0.29, 0.717) is 13.0 Å². The number of hydrogen-bond donors (Lipinski definition) is 3. The van der Waals surface area contributed by atoms with Crippen molar-refractivity contribution in [2.75, 3.05) is 13.7 Å². The third kappa shape index (κ3) is 4.36. The van der Waals surface area contributed by atoms with Gasteiger partial charge in [0.1, 0.15) is 11.5 Å². The van der Waals surface area contributed by atoms with Crippen LogP contribution < -0.4 is 14.8 Å². The Balaban J connectivity index is 1.60. The minimum Gasteiger partial charge on any atom is -0.497 e. The van der Waals surface area contributed by atoms with E-state index in [4.69, 9.17) is 9.47 Å². The van der Waals surface area contributed by atoms with Gasteiger partial charge >= 0.3 is 7.12 Å². The second-order valence-corrected chi connectivity index (χ2v) is 6.39. The van der Waals surface area contributed by atoms with Crippen molar-refractivity contribution >= 4 is 13.0 Å². The summed E-state index contributed by atoms with van der Waals surface area (Å²) in [5.41, 5.74) is 1.85. The van der Waals surface area contributed by atoms with Gasteiger partial charge in [-0.25, -0.2) is 0 Å². The lowest BCUT2D eigenvalue weighted by molar-refractivity contribution is -0.120. The first-order valence-electron chi connectivity index (χ1n) is 8.57. The molecule has 6 nitrogen and oxygen atoms in total. The molecule has 1 aliphatic heterocycles. The fraction of sp³-hybridized carbons (Fsp3) is 0.316. The van der Waals surface area contributed by atoms with Gasteiger partial charge in [-0.05, 0) is 30.2 Å². The van der Waals surface area contributed by atoms with Crippen molar-refractivity contribution in [1.82, 2.24) is 5.32 Å². The Kier molecular flexibility index (Phi) is 5.80. The maximum Gasteiger partial charge on any atom is 0.475 e. The lowest BCUT2D eigenvalue weighted by Crippen LogP contribution is -2.47. The van der Waals surface area contributed by atoms with Gasteiger partial charge in [0.25, 0.3) is 0 Å². The standard InChI is InChI=1S/C19H22BNO5/c1-25-15-8-6-13(7-9-15)10-19(22)21-18(20(23)24)11-14-12-26-17-5-3-2-4-16(14)17/h2-9,14,18,23-24H,10-12H2,1H3,(H,21,22)/t14-,18?/m1/s1. The minimum absolute atomic E-state index is 0.0132. The normalized spacial score (nSPS) is 16.3. The lowest BCUT2D eigenvalue weighted by atomic mass is 9.73. The van der Waals surface area contributed by atoms with Crippen molar-refractivity contribution in [3.63, 3.8) is 0 Å². The molecule has 3 rings (SSSR count). The van der Waals surface area contributed by atoms with Gasteiger partial charge in [0.2, 0.25) is 5.91 Å². The van der Waals surface area contributed by atoms with Gasteiger partial charge < -0.3 is 24.8 Å². The number of fused-ring (bicyclic) bond motifs is 1. The summed E-state index contributed by atoms with van der Waals surface area (Å²) >= 11 is 0. The molecule has 0 fully saturated rings. The maximum absolute atomic E-state index is 12.3. The molecule has 2 atom stereocenters. The van der Waals surface area contributed by atoms with Crippen molar-refractivity contribution in [2.45, 2.75) is 24.7 Å². The predicted octanol–water partition coefficient (Wildman–Crippen LogP) is 1.30. The van der Waals surface area contributed by atoms with Crippen LogP contribution in [0.25, 0.3) is 0 Å². The van der Waals surface area contributed by atoms with Gasteiger partial charge in [0.15, 0.2) is 0 Å². The van der Waals surface area contributed by atoms with Crippen LogP contribution >= 0.6 is 0 Å². The number of carbonyl (C=O) groups excluding carboxylic acids is 1. The molecule has 0 spiro atoms. The fourth-order valence-electron chi connectivity index (χ4n) is 3.17. The van der Waals surface area contributed by atoms with Crippen LogP contribution in [0.15, 0.2) is 48.5 Å². The van der Waals surface area contributed by atoms with Gasteiger partial charge in [0.05, 0.1) is 26.1 Å². The summed E-state index contributed by atoms with van der Waals surface area (Å²) in [7, 11) is -0.0533. The summed E-state index contributed by atoms with van der Waals surface area (Å²) in [5.74, 6) is 0.520. The number of rotatable bonds is 7. The molecule has 136 valence electrons. The number of ether oxygens (including phenoxy) is 2. The zero-order valence-electron chi connectivity index (χ0n) is 14.6. The van der Waals surface area contributed by atoms with Gasteiger partial charge in [-0.15, -0.1) is 0 Å². The molecule has 1 amide bonds. The summed E-state index contributed by atoms with van der Waals surface area (Å²) in [5, 5.41) is 22.1. The van der Waals surface area contributed by atoms with E-state index in [9.17, 15) is 14.8 Å². The molecule has 26 heavy (non-hydrogen) atoms. The molecule has 0 aromatic heterocycles. The Labute approximate surface area is 152 Å². The average molecular weight is 355 g/mol. The van der Waals surface area contributed by atoms with E-state index in [-0.39, 0.29) is 18.2 Å². The summed E-state index contributed by atoms with van der Waals surface area (Å²) in [6.45, 7) is 0.469. The highest BCUT2D eigenvalue weighted by molar-refractivity contribution is 6.43. The Morgan fingerprint density at radius 2 is 2.00 bits per heavy atom.